The number of hydrogen-bond donors (Lipinski definition) is 0. The molecule has 5 amide bonds. The van der Waals surface area contributed by atoms with Crippen LogP contribution in [-0.4, -0.2) is 41.2 Å². The maximum absolute atomic E-state index is 13.0. The fourth-order valence-electron chi connectivity index (χ4n) is 3.61. The molecular weight excluding hydrogens is 382 g/mol. The lowest BCUT2D eigenvalue weighted by molar-refractivity contribution is -0.140. The third-order valence-corrected chi connectivity index (χ3v) is 5.42. The van der Waals surface area contributed by atoms with Crippen LogP contribution in [0.25, 0.3) is 0 Å². The zero-order valence-corrected chi connectivity index (χ0v) is 15.7. The highest BCUT2D eigenvalue weighted by atomic mass is 35.5. The fraction of sp³-hybridized carbons (Fsp3) is 0.200. The van der Waals surface area contributed by atoms with Gasteiger partial charge in [0.05, 0.1) is 22.7 Å². The summed E-state index contributed by atoms with van der Waals surface area (Å²) in [6.07, 6.45) is 0. The molecule has 7 nitrogen and oxygen atoms in total. The fourth-order valence-corrected chi connectivity index (χ4v) is 3.83. The van der Waals surface area contributed by atoms with E-state index in [2.05, 4.69) is 0 Å². The third-order valence-electron chi connectivity index (χ3n) is 5.10. The first-order chi connectivity index (χ1) is 13.4. The van der Waals surface area contributed by atoms with Crippen LogP contribution in [0.1, 0.15) is 6.92 Å². The largest absolute Gasteiger partial charge is 0.339 e. The maximum Gasteiger partial charge on any atom is 0.339 e. The van der Waals surface area contributed by atoms with E-state index in [0.717, 1.165) is 9.80 Å². The normalized spacial score (nSPS) is 22.6. The van der Waals surface area contributed by atoms with Crippen LogP contribution in [0.2, 0.25) is 5.02 Å². The van der Waals surface area contributed by atoms with Gasteiger partial charge in [-0.05, 0) is 24.3 Å². The molecule has 2 aliphatic heterocycles. The molecular formula is C20H16ClN3O4. The van der Waals surface area contributed by atoms with E-state index in [1.807, 2.05) is 6.07 Å². The number of nitrogens with zero attached hydrogens (tertiary/aromatic N) is 3. The number of amides is 5. The highest BCUT2D eigenvalue weighted by Gasteiger charge is 2.54. The van der Waals surface area contributed by atoms with Crippen molar-refractivity contribution in [1.82, 2.24) is 4.90 Å². The molecule has 2 saturated heterocycles. The lowest BCUT2D eigenvalue weighted by Crippen LogP contribution is -2.45. The summed E-state index contributed by atoms with van der Waals surface area (Å²) in [4.78, 5) is 54.1. The monoisotopic (exact) mass is 397 g/mol. The molecule has 8 heteroatoms. The highest BCUT2D eigenvalue weighted by Crippen LogP contribution is 2.34. The van der Waals surface area contributed by atoms with Crippen LogP contribution in [0.4, 0.5) is 16.2 Å². The molecule has 0 N–H and O–H groups in total. The second-order valence-electron chi connectivity index (χ2n) is 6.69. The Morgan fingerprint density at radius 1 is 0.893 bits per heavy atom. The van der Waals surface area contributed by atoms with Gasteiger partial charge in [0.1, 0.15) is 0 Å². The summed E-state index contributed by atoms with van der Waals surface area (Å²) in [5, 5.41) is 0.181. The number of urea groups is 1. The van der Waals surface area contributed by atoms with E-state index < -0.39 is 29.8 Å². The molecule has 4 rings (SSSR count). The summed E-state index contributed by atoms with van der Waals surface area (Å²) in [6.45, 7) is 1.78. The van der Waals surface area contributed by atoms with Crippen LogP contribution in [0.15, 0.2) is 54.6 Å². The van der Waals surface area contributed by atoms with Gasteiger partial charge in [0, 0.05) is 12.2 Å². The van der Waals surface area contributed by atoms with Crippen molar-refractivity contribution in [1.29, 1.82) is 0 Å². The highest BCUT2D eigenvalue weighted by molar-refractivity contribution is 6.54. The van der Waals surface area contributed by atoms with Crippen molar-refractivity contribution < 1.29 is 19.2 Å². The SMILES string of the molecule is CC1C(=O)N(c2ccccc2)CC1N1C(=O)C(=O)N(c2ccccc2Cl)C1=O. The number of carbonyl (C=O) groups excluding carboxylic acids is 4. The van der Waals surface area contributed by atoms with Gasteiger partial charge in [-0.2, -0.15) is 0 Å². The molecule has 0 aliphatic carbocycles. The van der Waals surface area contributed by atoms with Crippen LogP contribution in [0.5, 0.6) is 0 Å². The Bertz CT molecular complexity index is 994. The quantitative estimate of drug-likeness (QED) is 0.589. The first kappa shape index (κ1) is 18.2. The molecule has 2 aromatic rings. The van der Waals surface area contributed by atoms with Crippen LogP contribution in [0, 0.1) is 5.92 Å². The van der Waals surface area contributed by atoms with Gasteiger partial charge < -0.3 is 4.90 Å². The van der Waals surface area contributed by atoms with E-state index in [0.29, 0.717) is 5.69 Å². The van der Waals surface area contributed by atoms with Gasteiger partial charge in [-0.1, -0.05) is 48.9 Å². The summed E-state index contributed by atoms with van der Waals surface area (Å²) in [5.74, 6) is -2.77. The predicted molar refractivity (Wildman–Crippen MR) is 103 cm³/mol. The Hall–Kier alpha value is -3.19. The van der Waals surface area contributed by atoms with Crippen molar-refractivity contribution in [3.8, 4) is 0 Å². The summed E-state index contributed by atoms with van der Waals surface area (Å²) >= 11 is 6.11. The van der Waals surface area contributed by atoms with Crippen molar-refractivity contribution in [2.24, 2.45) is 5.92 Å². The van der Waals surface area contributed by atoms with Gasteiger partial charge in [0.2, 0.25) is 5.91 Å². The molecule has 0 saturated carbocycles. The Morgan fingerprint density at radius 3 is 2.21 bits per heavy atom. The summed E-state index contributed by atoms with van der Waals surface area (Å²) in [7, 11) is 0. The van der Waals surface area contributed by atoms with Crippen molar-refractivity contribution in [3.63, 3.8) is 0 Å². The second kappa shape index (κ2) is 6.76. The van der Waals surface area contributed by atoms with Gasteiger partial charge in [0.25, 0.3) is 0 Å². The number of benzene rings is 2. The van der Waals surface area contributed by atoms with Crippen LogP contribution >= 0.6 is 11.6 Å². The number of hydrogen-bond acceptors (Lipinski definition) is 4. The number of para-hydroxylation sites is 2. The Labute approximate surface area is 166 Å². The second-order valence-corrected chi connectivity index (χ2v) is 7.10. The standard InChI is InChI=1S/C20H16ClN3O4/c1-12-16(11-22(17(12)25)13-7-3-2-4-8-13)24-19(27)18(26)23(20(24)28)15-10-6-5-9-14(15)21/h2-10,12,16H,11H2,1H3. The summed E-state index contributed by atoms with van der Waals surface area (Å²) < 4.78 is 0. The molecule has 2 aromatic carbocycles. The summed E-state index contributed by atoms with van der Waals surface area (Å²) in [5.41, 5.74) is 0.821. The molecule has 142 valence electrons. The topological polar surface area (TPSA) is 78.0 Å². The third kappa shape index (κ3) is 2.66. The van der Waals surface area contributed by atoms with Crippen molar-refractivity contribution in [2.75, 3.05) is 16.3 Å². The minimum absolute atomic E-state index is 0.130. The van der Waals surface area contributed by atoms with Crippen molar-refractivity contribution >= 4 is 46.7 Å². The van der Waals surface area contributed by atoms with Crippen LogP contribution < -0.4 is 9.80 Å². The first-order valence-electron chi connectivity index (χ1n) is 8.74. The Kier molecular flexibility index (Phi) is 4.39. The number of imide groups is 2. The zero-order chi connectivity index (χ0) is 20.0. The molecule has 2 heterocycles. The van der Waals surface area contributed by atoms with Crippen LogP contribution in [-0.2, 0) is 14.4 Å². The van der Waals surface area contributed by atoms with Crippen LogP contribution in [0.3, 0.4) is 0 Å². The maximum atomic E-state index is 13.0. The van der Waals surface area contributed by atoms with Gasteiger partial charge in [-0.15, -0.1) is 0 Å². The number of halogens is 1. The molecule has 2 fully saturated rings. The number of anilines is 2. The molecule has 2 atom stereocenters. The molecule has 0 bridgehead atoms. The summed E-state index contributed by atoms with van der Waals surface area (Å²) in [6, 6.07) is 13.8. The lowest BCUT2D eigenvalue weighted by atomic mass is 10.0. The lowest BCUT2D eigenvalue weighted by Gasteiger charge is -2.23. The predicted octanol–water partition coefficient (Wildman–Crippen LogP) is 2.69. The van der Waals surface area contributed by atoms with E-state index in [4.69, 9.17) is 11.6 Å². The molecule has 0 aromatic heterocycles. The average Bonchev–Trinajstić information content (AvgIpc) is 3.10. The molecule has 2 aliphatic rings. The van der Waals surface area contributed by atoms with E-state index >= 15 is 0 Å². The van der Waals surface area contributed by atoms with Gasteiger partial charge >= 0.3 is 17.8 Å². The Balaban J connectivity index is 1.67. The van der Waals surface area contributed by atoms with Gasteiger partial charge in [-0.3, -0.25) is 14.4 Å². The minimum atomic E-state index is -0.976. The van der Waals surface area contributed by atoms with Gasteiger partial charge in [0.15, 0.2) is 0 Å². The minimum Gasteiger partial charge on any atom is -0.310 e. The smallest absolute Gasteiger partial charge is 0.310 e. The van der Waals surface area contributed by atoms with E-state index in [1.165, 1.54) is 17.0 Å². The van der Waals surface area contributed by atoms with E-state index in [-0.39, 0.29) is 23.2 Å². The molecule has 2 unspecified atom stereocenters. The van der Waals surface area contributed by atoms with Crippen molar-refractivity contribution in [2.45, 2.75) is 13.0 Å². The number of rotatable bonds is 3. The Morgan fingerprint density at radius 2 is 1.54 bits per heavy atom. The average molecular weight is 398 g/mol. The molecule has 0 spiro atoms. The molecule has 28 heavy (non-hydrogen) atoms. The van der Waals surface area contributed by atoms with E-state index in [9.17, 15) is 19.2 Å². The molecule has 0 radical (unpaired) electrons. The first-order valence-corrected chi connectivity index (χ1v) is 9.12. The van der Waals surface area contributed by atoms with E-state index in [1.54, 1.807) is 43.3 Å². The number of carbonyl (C=O) groups is 4. The zero-order valence-electron chi connectivity index (χ0n) is 14.9. The van der Waals surface area contributed by atoms with Crippen molar-refractivity contribution in [3.05, 3.63) is 59.6 Å². The van der Waals surface area contributed by atoms with Gasteiger partial charge in [-0.25, -0.2) is 14.6 Å².